The van der Waals surface area contributed by atoms with Gasteiger partial charge in [0, 0.05) is 18.8 Å². The number of pyridine rings is 1. The lowest BCUT2D eigenvalue weighted by Gasteiger charge is -2.40. The van der Waals surface area contributed by atoms with Crippen LogP contribution in [0.25, 0.3) is 0 Å². The smallest absolute Gasteiger partial charge is 0.350 e. The number of hydrogen-bond donors (Lipinski definition) is 1. The molecule has 0 radical (unpaired) electrons. The fourth-order valence-corrected chi connectivity index (χ4v) is 4.48. The van der Waals surface area contributed by atoms with Crippen molar-refractivity contribution in [2.45, 2.75) is 37.8 Å². The quantitative estimate of drug-likeness (QED) is 0.451. The first kappa shape index (κ1) is 26.2. The number of carbonyl (C=O) groups is 2. The third kappa shape index (κ3) is 5.30. The summed E-state index contributed by atoms with van der Waals surface area (Å²) in [5.41, 5.74) is -1.95. The summed E-state index contributed by atoms with van der Waals surface area (Å²) in [6.45, 7) is 1.69. The molecule has 0 saturated heterocycles. The van der Waals surface area contributed by atoms with E-state index in [9.17, 15) is 35.9 Å². The Balaban J connectivity index is 1.87. The summed E-state index contributed by atoms with van der Waals surface area (Å²) in [4.78, 5) is 31.8. The molecule has 11 heteroatoms. The van der Waals surface area contributed by atoms with E-state index in [0.29, 0.717) is 23.4 Å². The van der Waals surface area contributed by atoms with Crippen molar-refractivity contribution >= 4 is 11.8 Å². The van der Waals surface area contributed by atoms with Crippen molar-refractivity contribution in [2.24, 2.45) is 0 Å². The Labute approximate surface area is 208 Å². The summed E-state index contributed by atoms with van der Waals surface area (Å²) < 4.78 is 81.5. The van der Waals surface area contributed by atoms with Crippen molar-refractivity contribution in [3.05, 3.63) is 99.9 Å². The second kappa shape index (κ2) is 9.53. The maximum Gasteiger partial charge on any atom is 0.416 e. The number of alkyl halides is 6. The van der Waals surface area contributed by atoms with Crippen molar-refractivity contribution < 1.29 is 35.9 Å². The van der Waals surface area contributed by atoms with Gasteiger partial charge in [-0.1, -0.05) is 23.8 Å². The van der Waals surface area contributed by atoms with Crippen LogP contribution in [0.5, 0.6) is 0 Å². The van der Waals surface area contributed by atoms with Crippen LogP contribution in [0.4, 0.5) is 26.3 Å². The molecule has 2 aromatic carbocycles. The summed E-state index contributed by atoms with van der Waals surface area (Å²) in [6, 6.07) is 9.38. The topological polar surface area (TPSA) is 62.3 Å². The van der Waals surface area contributed by atoms with Crippen molar-refractivity contribution in [1.82, 2.24) is 15.2 Å². The highest BCUT2D eigenvalue weighted by molar-refractivity contribution is 6.01. The molecule has 4 rings (SSSR count). The molecule has 37 heavy (non-hydrogen) atoms. The summed E-state index contributed by atoms with van der Waals surface area (Å²) in [6.07, 6.45) is -8.66. The molecule has 1 aromatic heterocycles. The third-order valence-corrected chi connectivity index (χ3v) is 6.23. The average molecular weight is 521 g/mol. The van der Waals surface area contributed by atoms with Crippen LogP contribution < -0.4 is 5.32 Å². The van der Waals surface area contributed by atoms with Crippen LogP contribution in [0.15, 0.2) is 60.8 Å². The molecule has 2 unspecified atom stereocenters. The van der Waals surface area contributed by atoms with E-state index in [2.05, 4.69) is 10.3 Å². The highest BCUT2D eigenvalue weighted by Crippen LogP contribution is 2.45. The SMILES string of the molecule is Cc1ccc2c(c1)C(=O)N(C)C(c1cc(C(F)(F)F)cc(C(F)(F)F)c1)C2C(=O)NCc1ccccn1. The maximum absolute atomic E-state index is 13.6. The zero-order valence-electron chi connectivity index (χ0n) is 19.6. The lowest BCUT2D eigenvalue weighted by molar-refractivity contribution is -0.143. The minimum atomic E-state index is -5.08. The highest BCUT2D eigenvalue weighted by atomic mass is 19.4. The van der Waals surface area contributed by atoms with E-state index in [-0.39, 0.29) is 23.7 Å². The number of hydrogen-bond acceptors (Lipinski definition) is 3. The number of likely N-dealkylation sites (N-methyl/N-ethyl adjacent to an activating group) is 1. The fraction of sp³-hybridized carbons (Fsp3) is 0.269. The molecule has 2 atom stereocenters. The molecule has 2 heterocycles. The Morgan fingerprint density at radius 2 is 1.62 bits per heavy atom. The second-order valence-corrected chi connectivity index (χ2v) is 8.81. The zero-order chi connectivity index (χ0) is 27.1. The third-order valence-electron chi connectivity index (χ3n) is 6.23. The van der Waals surface area contributed by atoms with E-state index >= 15 is 0 Å². The molecule has 0 aliphatic carbocycles. The normalized spacial score (nSPS) is 17.9. The summed E-state index contributed by atoms with van der Waals surface area (Å²) in [5, 5.41) is 2.67. The van der Waals surface area contributed by atoms with E-state index in [4.69, 9.17) is 0 Å². The number of halogens is 6. The lowest BCUT2D eigenvalue weighted by atomic mass is 9.78. The van der Waals surface area contributed by atoms with E-state index in [1.807, 2.05) is 0 Å². The van der Waals surface area contributed by atoms with Gasteiger partial charge in [-0.25, -0.2) is 0 Å². The van der Waals surface area contributed by atoms with Gasteiger partial charge in [-0.2, -0.15) is 26.3 Å². The molecule has 3 aromatic rings. The van der Waals surface area contributed by atoms with Gasteiger partial charge in [0.2, 0.25) is 5.91 Å². The van der Waals surface area contributed by atoms with Crippen molar-refractivity contribution in [2.75, 3.05) is 7.05 Å². The van der Waals surface area contributed by atoms with Crippen molar-refractivity contribution in [3.63, 3.8) is 0 Å². The first-order valence-electron chi connectivity index (χ1n) is 11.1. The van der Waals surface area contributed by atoms with Gasteiger partial charge in [-0.05, 0) is 54.4 Å². The highest BCUT2D eigenvalue weighted by Gasteiger charge is 2.45. The predicted octanol–water partition coefficient (Wildman–Crippen LogP) is 5.65. The van der Waals surface area contributed by atoms with E-state index in [1.54, 1.807) is 31.2 Å². The van der Waals surface area contributed by atoms with Crippen LogP contribution in [0, 0.1) is 6.92 Å². The summed E-state index contributed by atoms with van der Waals surface area (Å²) >= 11 is 0. The van der Waals surface area contributed by atoms with Crippen LogP contribution in [0.2, 0.25) is 0 Å². The Morgan fingerprint density at radius 1 is 0.973 bits per heavy atom. The van der Waals surface area contributed by atoms with Crippen LogP contribution in [-0.2, 0) is 23.7 Å². The van der Waals surface area contributed by atoms with Gasteiger partial charge < -0.3 is 10.2 Å². The Kier molecular flexibility index (Phi) is 6.74. The number of fused-ring (bicyclic) bond motifs is 1. The van der Waals surface area contributed by atoms with Crippen LogP contribution in [-0.4, -0.2) is 28.7 Å². The molecule has 0 bridgehead atoms. The molecule has 5 nitrogen and oxygen atoms in total. The molecule has 2 amide bonds. The summed E-state index contributed by atoms with van der Waals surface area (Å²) in [7, 11) is 1.25. The molecule has 1 aliphatic rings. The van der Waals surface area contributed by atoms with Gasteiger partial charge in [0.25, 0.3) is 5.91 Å². The van der Waals surface area contributed by atoms with Crippen molar-refractivity contribution in [3.8, 4) is 0 Å². The molecule has 1 aliphatic heterocycles. The molecule has 0 spiro atoms. The number of nitrogens with one attached hydrogen (secondary N) is 1. The van der Waals surface area contributed by atoms with Crippen LogP contribution >= 0.6 is 0 Å². The number of carbonyl (C=O) groups excluding carboxylic acids is 2. The largest absolute Gasteiger partial charge is 0.416 e. The number of aryl methyl sites for hydroxylation is 1. The monoisotopic (exact) mass is 521 g/mol. The molecule has 1 N–H and O–H groups in total. The first-order chi connectivity index (χ1) is 17.3. The number of amides is 2. The van der Waals surface area contributed by atoms with E-state index < -0.39 is 52.8 Å². The molecule has 194 valence electrons. The predicted molar refractivity (Wildman–Crippen MR) is 121 cm³/mol. The van der Waals surface area contributed by atoms with Gasteiger partial charge in [-0.3, -0.25) is 14.6 Å². The van der Waals surface area contributed by atoms with Gasteiger partial charge in [0.05, 0.1) is 35.3 Å². The molecular formula is C26H21F6N3O2. The average Bonchev–Trinajstić information content (AvgIpc) is 2.84. The number of nitrogens with zero attached hydrogens (tertiary/aromatic N) is 2. The van der Waals surface area contributed by atoms with Gasteiger partial charge in [0.1, 0.15) is 0 Å². The van der Waals surface area contributed by atoms with E-state index in [0.717, 1.165) is 4.90 Å². The zero-order valence-corrected chi connectivity index (χ0v) is 19.6. The van der Waals surface area contributed by atoms with Crippen LogP contribution in [0.1, 0.15) is 55.8 Å². The van der Waals surface area contributed by atoms with Gasteiger partial charge in [0.15, 0.2) is 0 Å². The summed E-state index contributed by atoms with van der Waals surface area (Å²) in [5.74, 6) is -2.58. The number of benzene rings is 2. The lowest BCUT2D eigenvalue weighted by Crippen LogP contribution is -2.45. The standard InChI is InChI=1S/C26H21F6N3O2/c1-14-6-7-19-20(9-14)24(37)35(2)22(21(19)23(36)34-13-18-5-3-4-8-33-18)15-10-16(25(27,28)29)12-17(11-15)26(30,31)32/h3-12,21-22H,13H2,1-2H3,(H,34,36). The van der Waals surface area contributed by atoms with E-state index in [1.165, 1.54) is 25.4 Å². The maximum atomic E-state index is 13.6. The Morgan fingerprint density at radius 3 is 2.19 bits per heavy atom. The molecule has 0 fully saturated rings. The fourth-order valence-electron chi connectivity index (χ4n) is 4.48. The Hall–Kier alpha value is -3.89. The molecule has 0 saturated carbocycles. The van der Waals surface area contributed by atoms with Gasteiger partial charge >= 0.3 is 12.4 Å². The minimum Gasteiger partial charge on any atom is -0.350 e. The van der Waals surface area contributed by atoms with Gasteiger partial charge in [-0.15, -0.1) is 0 Å². The Bertz CT molecular complexity index is 1310. The number of rotatable bonds is 4. The minimum absolute atomic E-state index is 0.0155. The van der Waals surface area contributed by atoms with Crippen molar-refractivity contribution in [1.29, 1.82) is 0 Å². The van der Waals surface area contributed by atoms with Crippen LogP contribution in [0.3, 0.4) is 0 Å². The number of aromatic nitrogens is 1. The first-order valence-corrected chi connectivity index (χ1v) is 11.1. The molecular weight excluding hydrogens is 500 g/mol. The second-order valence-electron chi connectivity index (χ2n) is 8.81.